The third-order valence-electron chi connectivity index (χ3n) is 2.96. The number of hydrogen-bond acceptors (Lipinski definition) is 2. The van der Waals surface area contributed by atoms with Crippen molar-refractivity contribution in [2.75, 3.05) is 0 Å². The van der Waals surface area contributed by atoms with Gasteiger partial charge in [-0.1, -0.05) is 24.3 Å². The second kappa shape index (κ2) is 2.34. The van der Waals surface area contributed by atoms with E-state index in [4.69, 9.17) is 4.74 Å². The first kappa shape index (κ1) is 7.13. The van der Waals surface area contributed by atoms with Crippen molar-refractivity contribution in [1.29, 1.82) is 0 Å². The van der Waals surface area contributed by atoms with Crippen molar-refractivity contribution in [2.24, 2.45) is 5.92 Å². The van der Waals surface area contributed by atoms with Crippen molar-refractivity contribution in [3.05, 3.63) is 35.4 Å². The molecule has 0 bridgehead atoms. The molecule has 0 spiro atoms. The van der Waals surface area contributed by atoms with Crippen LogP contribution in [0.2, 0.25) is 0 Å². The van der Waals surface area contributed by atoms with Gasteiger partial charge in [-0.05, 0) is 17.5 Å². The Hall–Kier alpha value is -1.31. The van der Waals surface area contributed by atoms with E-state index < -0.39 is 0 Å². The molecule has 1 heterocycles. The highest BCUT2D eigenvalue weighted by Crippen LogP contribution is 2.44. The Kier molecular flexibility index (Phi) is 1.29. The highest BCUT2D eigenvalue weighted by Gasteiger charge is 2.41. The molecule has 1 unspecified atom stereocenters. The van der Waals surface area contributed by atoms with Gasteiger partial charge in [-0.3, -0.25) is 4.79 Å². The summed E-state index contributed by atoms with van der Waals surface area (Å²) in [5.41, 5.74) is 2.57. The molecule has 2 aliphatic rings. The number of benzene rings is 1. The first-order valence-electron chi connectivity index (χ1n) is 4.62. The molecular formula is C11H10O2. The highest BCUT2D eigenvalue weighted by molar-refractivity contribution is 5.73. The molecule has 3 rings (SSSR count). The maximum Gasteiger partial charge on any atom is 0.306 e. The van der Waals surface area contributed by atoms with E-state index in [0.717, 1.165) is 6.42 Å². The lowest BCUT2D eigenvalue weighted by Crippen LogP contribution is -1.99. The van der Waals surface area contributed by atoms with Crippen LogP contribution in [0.1, 0.15) is 23.7 Å². The van der Waals surface area contributed by atoms with E-state index >= 15 is 0 Å². The molecule has 0 aromatic heterocycles. The molecule has 0 amide bonds. The first-order valence-corrected chi connectivity index (χ1v) is 4.62. The summed E-state index contributed by atoms with van der Waals surface area (Å²) in [7, 11) is 0. The van der Waals surface area contributed by atoms with Gasteiger partial charge in [0.2, 0.25) is 0 Å². The van der Waals surface area contributed by atoms with Crippen LogP contribution in [0.15, 0.2) is 24.3 Å². The van der Waals surface area contributed by atoms with E-state index in [1.807, 2.05) is 12.1 Å². The van der Waals surface area contributed by atoms with Gasteiger partial charge in [0.25, 0.3) is 0 Å². The predicted octanol–water partition coefficient (Wildman–Crippen LogP) is 1.85. The minimum absolute atomic E-state index is 0.0375. The number of hydrogen-bond donors (Lipinski definition) is 0. The summed E-state index contributed by atoms with van der Waals surface area (Å²) in [4.78, 5) is 11.0. The third kappa shape index (κ3) is 0.916. The van der Waals surface area contributed by atoms with E-state index in [0.29, 0.717) is 12.3 Å². The Bertz CT molecular complexity index is 370. The van der Waals surface area contributed by atoms with E-state index in [9.17, 15) is 4.79 Å². The molecule has 2 heteroatoms. The zero-order valence-corrected chi connectivity index (χ0v) is 7.19. The average Bonchev–Trinajstić information content (AvgIpc) is 2.60. The fraction of sp³-hybridized carbons (Fsp3) is 0.364. The number of ether oxygens (including phenoxy) is 1. The normalized spacial score (nSPS) is 29.7. The Morgan fingerprint density at radius 1 is 1.23 bits per heavy atom. The Balaban J connectivity index is 2.06. The number of rotatable bonds is 0. The molecule has 0 N–H and O–H groups in total. The van der Waals surface area contributed by atoms with Gasteiger partial charge < -0.3 is 4.74 Å². The third-order valence-corrected chi connectivity index (χ3v) is 2.96. The van der Waals surface area contributed by atoms with Crippen molar-refractivity contribution in [2.45, 2.75) is 18.9 Å². The predicted molar refractivity (Wildman–Crippen MR) is 47.1 cm³/mol. The average molecular weight is 174 g/mol. The van der Waals surface area contributed by atoms with Crippen LogP contribution in [-0.2, 0) is 16.0 Å². The maximum absolute atomic E-state index is 11.0. The van der Waals surface area contributed by atoms with Crippen LogP contribution >= 0.6 is 0 Å². The van der Waals surface area contributed by atoms with Crippen LogP contribution in [0.3, 0.4) is 0 Å². The highest BCUT2D eigenvalue weighted by atomic mass is 16.6. The lowest BCUT2D eigenvalue weighted by atomic mass is 10.0. The van der Waals surface area contributed by atoms with Gasteiger partial charge in [0, 0.05) is 5.92 Å². The van der Waals surface area contributed by atoms with Gasteiger partial charge >= 0.3 is 5.97 Å². The van der Waals surface area contributed by atoms with Gasteiger partial charge in [-0.2, -0.15) is 0 Å². The number of fused-ring (bicyclic) bond motifs is 3. The summed E-state index contributed by atoms with van der Waals surface area (Å²) in [6, 6.07) is 8.25. The van der Waals surface area contributed by atoms with Gasteiger partial charge in [-0.15, -0.1) is 0 Å². The van der Waals surface area contributed by atoms with Gasteiger partial charge in [0.15, 0.2) is 0 Å². The van der Waals surface area contributed by atoms with Crippen LogP contribution in [-0.4, -0.2) is 5.97 Å². The smallest absolute Gasteiger partial charge is 0.306 e. The molecule has 1 aliphatic heterocycles. The first-order chi connectivity index (χ1) is 6.34. The second-order valence-electron chi connectivity index (χ2n) is 3.78. The summed E-state index contributed by atoms with van der Waals surface area (Å²) < 4.78 is 5.27. The topological polar surface area (TPSA) is 26.3 Å². The quantitative estimate of drug-likeness (QED) is 0.561. The van der Waals surface area contributed by atoms with Gasteiger partial charge in [-0.25, -0.2) is 0 Å². The molecule has 2 atom stereocenters. The van der Waals surface area contributed by atoms with Crippen molar-refractivity contribution >= 4 is 5.97 Å². The lowest BCUT2D eigenvalue weighted by Gasteiger charge is -2.07. The Morgan fingerprint density at radius 2 is 2.08 bits per heavy atom. The molecule has 1 fully saturated rings. The molecular weight excluding hydrogens is 164 g/mol. The summed E-state index contributed by atoms with van der Waals surface area (Å²) in [5, 5.41) is 0. The maximum atomic E-state index is 11.0. The van der Waals surface area contributed by atoms with Crippen LogP contribution in [0.4, 0.5) is 0 Å². The molecule has 0 radical (unpaired) electrons. The van der Waals surface area contributed by atoms with E-state index in [1.54, 1.807) is 0 Å². The van der Waals surface area contributed by atoms with E-state index in [2.05, 4.69) is 12.1 Å². The fourth-order valence-electron chi connectivity index (χ4n) is 2.38. The molecule has 66 valence electrons. The van der Waals surface area contributed by atoms with E-state index in [1.165, 1.54) is 11.1 Å². The molecule has 1 aliphatic carbocycles. The molecule has 1 saturated heterocycles. The largest absolute Gasteiger partial charge is 0.457 e. The van der Waals surface area contributed by atoms with Crippen molar-refractivity contribution in [3.63, 3.8) is 0 Å². The molecule has 13 heavy (non-hydrogen) atoms. The van der Waals surface area contributed by atoms with Crippen LogP contribution < -0.4 is 0 Å². The number of carbonyl (C=O) groups is 1. The minimum atomic E-state index is -0.0375. The van der Waals surface area contributed by atoms with E-state index in [-0.39, 0.29) is 12.1 Å². The lowest BCUT2D eigenvalue weighted by molar-refractivity contribution is -0.141. The van der Waals surface area contributed by atoms with Gasteiger partial charge in [0.05, 0.1) is 6.42 Å². The number of esters is 1. The zero-order valence-electron chi connectivity index (χ0n) is 7.19. The van der Waals surface area contributed by atoms with Crippen LogP contribution in [0.5, 0.6) is 0 Å². The molecule has 0 saturated carbocycles. The minimum Gasteiger partial charge on any atom is -0.457 e. The molecule has 2 nitrogen and oxygen atoms in total. The standard InChI is InChI=1S/C11H10O2/c12-10-6-8-5-7-3-1-2-4-9(7)11(8)13-10/h1-4,8,11H,5-6H2/t8?,11-/m0/s1. The Labute approximate surface area is 76.5 Å². The summed E-state index contributed by atoms with van der Waals surface area (Å²) in [6.07, 6.45) is 1.66. The summed E-state index contributed by atoms with van der Waals surface area (Å²) in [6.45, 7) is 0. The monoisotopic (exact) mass is 174 g/mol. The van der Waals surface area contributed by atoms with Crippen molar-refractivity contribution in [3.8, 4) is 0 Å². The zero-order chi connectivity index (χ0) is 8.84. The van der Waals surface area contributed by atoms with Crippen LogP contribution in [0, 0.1) is 5.92 Å². The molecule has 1 aromatic carbocycles. The summed E-state index contributed by atoms with van der Waals surface area (Å²) in [5.74, 6) is 0.370. The van der Waals surface area contributed by atoms with Crippen molar-refractivity contribution in [1.82, 2.24) is 0 Å². The van der Waals surface area contributed by atoms with Gasteiger partial charge in [0.1, 0.15) is 6.10 Å². The number of carbonyl (C=O) groups excluding carboxylic acids is 1. The SMILES string of the molecule is O=C1CC2Cc3ccccc3[C@H]2O1. The summed E-state index contributed by atoms with van der Waals surface area (Å²) >= 11 is 0. The Morgan fingerprint density at radius 3 is 3.00 bits per heavy atom. The second-order valence-corrected chi connectivity index (χ2v) is 3.78. The fourth-order valence-corrected chi connectivity index (χ4v) is 2.38. The van der Waals surface area contributed by atoms with Crippen LogP contribution in [0.25, 0.3) is 0 Å². The molecule has 1 aromatic rings. The van der Waals surface area contributed by atoms with Crippen molar-refractivity contribution < 1.29 is 9.53 Å².